The Hall–Kier alpha value is -1.88. The molecule has 1 unspecified atom stereocenters. The number of rotatable bonds is 4. The van der Waals surface area contributed by atoms with E-state index in [0.717, 1.165) is 25.7 Å². The van der Waals surface area contributed by atoms with Gasteiger partial charge in [0.25, 0.3) is 0 Å². The summed E-state index contributed by atoms with van der Waals surface area (Å²) in [7, 11) is 0. The maximum Gasteiger partial charge on any atom is 0.330 e. The van der Waals surface area contributed by atoms with E-state index in [1.54, 1.807) is 24.3 Å². The van der Waals surface area contributed by atoms with Gasteiger partial charge in [-0.25, -0.2) is 4.79 Å². The number of carbonyl (C=O) groups is 2. The van der Waals surface area contributed by atoms with Gasteiger partial charge in [0.15, 0.2) is 6.04 Å². The Morgan fingerprint density at radius 2 is 1.75 bits per heavy atom. The van der Waals surface area contributed by atoms with Crippen molar-refractivity contribution in [3.8, 4) is 0 Å². The first-order valence-corrected chi connectivity index (χ1v) is 6.91. The minimum Gasteiger partial charge on any atom is -0.479 e. The lowest BCUT2D eigenvalue weighted by Crippen LogP contribution is -2.40. The average Bonchev–Trinajstić information content (AvgIpc) is 2.46. The molecule has 1 fully saturated rings. The summed E-state index contributed by atoms with van der Waals surface area (Å²) in [4.78, 5) is 23.5. The Bertz CT molecular complexity index is 467. The summed E-state index contributed by atoms with van der Waals surface area (Å²) < 4.78 is 0. The van der Waals surface area contributed by atoms with Crippen molar-refractivity contribution in [1.82, 2.24) is 5.32 Å². The molecule has 5 nitrogen and oxygen atoms in total. The SMILES string of the molecule is NC1CCC(C(=O)NC(C(=O)O)c2ccccc2)CC1. The van der Waals surface area contributed by atoms with Gasteiger partial charge in [0.1, 0.15) is 0 Å². The van der Waals surface area contributed by atoms with E-state index in [1.807, 2.05) is 6.07 Å². The summed E-state index contributed by atoms with van der Waals surface area (Å²) >= 11 is 0. The van der Waals surface area contributed by atoms with Crippen LogP contribution in [0.5, 0.6) is 0 Å². The van der Waals surface area contributed by atoms with Crippen LogP contribution in [0.2, 0.25) is 0 Å². The number of amides is 1. The molecule has 0 radical (unpaired) electrons. The van der Waals surface area contributed by atoms with E-state index in [4.69, 9.17) is 5.73 Å². The largest absolute Gasteiger partial charge is 0.479 e. The van der Waals surface area contributed by atoms with E-state index in [1.165, 1.54) is 0 Å². The summed E-state index contributed by atoms with van der Waals surface area (Å²) in [6.07, 6.45) is 3.10. The summed E-state index contributed by atoms with van der Waals surface area (Å²) in [6, 6.07) is 7.93. The van der Waals surface area contributed by atoms with E-state index < -0.39 is 12.0 Å². The summed E-state index contributed by atoms with van der Waals surface area (Å²) in [5, 5.41) is 11.9. The first kappa shape index (κ1) is 14.5. The monoisotopic (exact) mass is 276 g/mol. The number of aliphatic carboxylic acids is 1. The van der Waals surface area contributed by atoms with Gasteiger partial charge in [-0.05, 0) is 31.2 Å². The first-order chi connectivity index (χ1) is 9.58. The topological polar surface area (TPSA) is 92.4 Å². The molecule has 0 bridgehead atoms. The minimum absolute atomic E-state index is 0.125. The predicted octanol–water partition coefficient (Wildman–Crippen LogP) is 1.45. The van der Waals surface area contributed by atoms with Crippen molar-refractivity contribution in [1.29, 1.82) is 0 Å². The smallest absolute Gasteiger partial charge is 0.330 e. The van der Waals surface area contributed by atoms with E-state index in [2.05, 4.69) is 5.32 Å². The lowest BCUT2D eigenvalue weighted by molar-refractivity contribution is -0.142. The zero-order valence-corrected chi connectivity index (χ0v) is 11.3. The van der Waals surface area contributed by atoms with Crippen LogP contribution in [0.3, 0.4) is 0 Å². The van der Waals surface area contributed by atoms with Crippen molar-refractivity contribution in [3.05, 3.63) is 35.9 Å². The highest BCUT2D eigenvalue weighted by molar-refractivity contribution is 5.85. The average molecular weight is 276 g/mol. The Balaban J connectivity index is 2.02. The number of carboxylic acid groups (broad SMARTS) is 1. The normalized spacial score (nSPS) is 23.9. The second-order valence-electron chi connectivity index (χ2n) is 5.30. The summed E-state index contributed by atoms with van der Waals surface area (Å²) in [6.45, 7) is 0. The van der Waals surface area contributed by atoms with E-state index >= 15 is 0 Å². The lowest BCUT2D eigenvalue weighted by atomic mass is 9.85. The van der Waals surface area contributed by atoms with Gasteiger partial charge in [-0.2, -0.15) is 0 Å². The zero-order valence-electron chi connectivity index (χ0n) is 11.3. The van der Waals surface area contributed by atoms with Crippen LogP contribution >= 0.6 is 0 Å². The molecule has 0 saturated heterocycles. The molecular weight excluding hydrogens is 256 g/mol. The van der Waals surface area contributed by atoms with Crippen LogP contribution in [0.4, 0.5) is 0 Å². The molecule has 4 N–H and O–H groups in total. The molecule has 1 aliphatic carbocycles. The molecule has 1 aromatic carbocycles. The summed E-state index contributed by atoms with van der Waals surface area (Å²) in [5.41, 5.74) is 6.40. The molecule has 5 heteroatoms. The van der Waals surface area contributed by atoms with Crippen LogP contribution in [-0.4, -0.2) is 23.0 Å². The lowest BCUT2D eigenvalue weighted by Gasteiger charge is -2.26. The molecule has 20 heavy (non-hydrogen) atoms. The van der Waals surface area contributed by atoms with Crippen molar-refractivity contribution < 1.29 is 14.7 Å². The highest BCUT2D eigenvalue weighted by atomic mass is 16.4. The molecule has 1 atom stereocenters. The third-order valence-electron chi connectivity index (χ3n) is 3.81. The molecule has 1 aromatic rings. The van der Waals surface area contributed by atoms with Crippen molar-refractivity contribution in [2.75, 3.05) is 0 Å². The van der Waals surface area contributed by atoms with Crippen molar-refractivity contribution in [2.45, 2.75) is 37.8 Å². The van der Waals surface area contributed by atoms with Crippen LogP contribution in [0.25, 0.3) is 0 Å². The third-order valence-corrected chi connectivity index (χ3v) is 3.81. The summed E-state index contributed by atoms with van der Waals surface area (Å²) in [5.74, 6) is -1.36. The fourth-order valence-corrected chi connectivity index (χ4v) is 2.57. The Morgan fingerprint density at radius 1 is 1.15 bits per heavy atom. The molecule has 1 amide bonds. The number of nitrogens with two attached hydrogens (primary N) is 1. The number of hydrogen-bond acceptors (Lipinski definition) is 3. The van der Waals surface area contributed by atoms with Gasteiger partial charge in [0, 0.05) is 12.0 Å². The van der Waals surface area contributed by atoms with Crippen LogP contribution in [0.1, 0.15) is 37.3 Å². The van der Waals surface area contributed by atoms with Crippen LogP contribution in [0.15, 0.2) is 30.3 Å². The number of benzene rings is 1. The highest BCUT2D eigenvalue weighted by Crippen LogP contribution is 2.24. The van der Waals surface area contributed by atoms with Gasteiger partial charge in [-0.3, -0.25) is 4.79 Å². The number of carbonyl (C=O) groups excluding carboxylic acids is 1. The quantitative estimate of drug-likeness (QED) is 0.776. The minimum atomic E-state index is -1.04. The van der Waals surface area contributed by atoms with E-state index in [0.29, 0.717) is 5.56 Å². The molecule has 0 heterocycles. The Morgan fingerprint density at radius 3 is 2.30 bits per heavy atom. The maximum absolute atomic E-state index is 12.2. The second kappa shape index (κ2) is 6.52. The maximum atomic E-state index is 12.2. The van der Waals surface area contributed by atoms with E-state index in [9.17, 15) is 14.7 Å². The number of carboxylic acids is 1. The van der Waals surface area contributed by atoms with Crippen molar-refractivity contribution in [3.63, 3.8) is 0 Å². The second-order valence-corrected chi connectivity index (χ2v) is 5.30. The van der Waals surface area contributed by atoms with E-state index in [-0.39, 0.29) is 17.9 Å². The first-order valence-electron chi connectivity index (χ1n) is 6.91. The molecule has 2 rings (SSSR count). The van der Waals surface area contributed by atoms with Gasteiger partial charge >= 0.3 is 5.97 Å². The van der Waals surface area contributed by atoms with Gasteiger partial charge in [0.2, 0.25) is 5.91 Å². The molecule has 0 aromatic heterocycles. The molecule has 0 spiro atoms. The molecule has 1 saturated carbocycles. The molecule has 1 aliphatic rings. The standard InChI is InChI=1S/C15H20N2O3/c16-12-8-6-11(7-9-12)14(18)17-13(15(19)20)10-4-2-1-3-5-10/h1-5,11-13H,6-9,16H2,(H,17,18)(H,19,20). The predicted molar refractivity (Wildman–Crippen MR) is 74.9 cm³/mol. The fourth-order valence-electron chi connectivity index (χ4n) is 2.57. The number of nitrogens with one attached hydrogen (secondary N) is 1. The van der Waals surface area contributed by atoms with Gasteiger partial charge in [-0.1, -0.05) is 30.3 Å². The molecule has 108 valence electrons. The van der Waals surface area contributed by atoms with Gasteiger partial charge in [-0.15, -0.1) is 0 Å². The van der Waals surface area contributed by atoms with Crippen molar-refractivity contribution in [2.24, 2.45) is 11.7 Å². The van der Waals surface area contributed by atoms with Crippen LogP contribution in [0, 0.1) is 5.92 Å². The molecule has 0 aliphatic heterocycles. The Kier molecular flexibility index (Phi) is 4.74. The number of hydrogen-bond donors (Lipinski definition) is 3. The van der Waals surface area contributed by atoms with Gasteiger partial charge < -0.3 is 16.2 Å². The Labute approximate surface area is 118 Å². The third kappa shape index (κ3) is 3.57. The highest BCUT2D eigenvalue weighted by Gasteiger charge is 2.28. The van der Waals surface area contributed by atoms with Gasteiger partial charge in [0.05, 0.1) is 0 Å². The van der Waals surface area contributed by atoms with Crippen LogP contribution < -0.4 is 11.1 Å². The fraction of sp³-hybridized carbons (Fsp3) is 0.467. The molecular formula is C15H20N2O3. The zero-order chi connectivity index (χ0) is 14.5. The van der Waals surface area contributed by atoms with Crippen molar-refractivity contribution >= 4 is 11.9 Å². The van der Waals surface area contributed by atoms with Crippen LogP contribution in [-0.2, 0) is 9.59 Å².